The smallest absolute Gasteiger partial charge is 0.413 e. The Morgan fingerprint density at radius 2 is 1.38 bits per heavy atom. The zero-order valence-electron chi connectivity index (χ0n) is 11.0. The first-order chi connectivity index (χ1) is 10.0. The maximum absolute atomic E-state index is 13.6. The van der Waals surface area contributed by atoms with E-state index >= 15 is 0 Å². The van der Waals surface area contributed by atoms with Gasteiger partial charge in [-0.15, -0.1) is 6.58 Å². The van der Waals surface area contributed by atoms with Crippen molar-refractivity contribution in [2.24, 2.45) is 0 Å². The quantitative estimate of drug-likeness (QED) is 0.568. The van der Waals surface area contributed by atoms with E-state index in [4.69, 9.17) is 9.05 Å². The van der Waals surface area contributed by atoms with Gasteiger partial charge in [0.15, 0.2) is 23.1 Å². The number of rotatable bonds is 6. The summed E-state index contributed by atoms with van der Waals surface area (Å²) in [5.74, 6) is -1.81. The minimum Gasteiger partial charge on any atom is -0.413 e. The van der Waals surface area contributed by atoms with Crippen LogP contribution in [0.1, 0.15) is 0 Å². The molecule has 0 aromatic heterocycles. The summed E-state index contributed by atoms with van der Waals surface area (Å²) in [6.07, 6.45) is 1.12. The van der Waals surface area contributed by atoms with Crippen LogP contribution in [0.15, 0.2) is 61.2 Å². The van der Waals surface area contributed by atoms with Crippen molar-refractivity contribution < 1.29 is 22.4 Å². The fraction of sp³-hybridized carbons (Fsp3) is 0.0667. The van der Waals surface area contributed by atoms with Crippen molar-refractivity contribution in [2.75, 3.05) is 6.16 Å². The van der Waals surface area contributed by atoms with Gasteiger partial charge in [-0.1, -0.05) is 30.3 Å². The Morgan fingerprint density at radius 3 is 1.76 bits per heavy atom. The Bertz CT molecular complexity index is 637. The number of allylic oxidation sites excluding steroid dienone is 1. The summed E-state index contributed by atoms with van der Waals surface area (Å²) >= 11 is 0. The molecule has 0 spiro atoms. The predicted octanol–water partition coefficient (Wildman–Crippen LogP) is 4.80. The molecular formula is C15H13F2O3P. The normalized spacial score (nSPS) is 11.0. The molecule has 0 fully saturated rings. The first-order valence-electron chi connectivity index (χ1n) is 6.12. The summed E-state index contributed by atoms with van der Waals surface area (Å²) in [7, 11) is -3.82. The van der Waals surface area contributed by atoms with Gasteiger partial charge in [0.1, 0.15) is 0 Å². The molecule has 6 heteroatoms. The van der Waals surface area contributed by atoms with Crippen molar-refractivity contribution in [1.29, 1.82) is 0 Å². The van der Waals surface area contributed by atoms with E-state index in [2.05, 4.69) is 6.58 Å². The topological polar surface area (TPSA) is 35.5 Å². The van der Waals surface area contributed by atoms with E-state index < -0.39 is 19.2 Å². The zero-order chi connectivity index (χ0) is 15.3. The van der Waals surface area contributed by atoms with Crippen LogP contribution in [-0.4, -0.2) is 6.16 Å². The Kier molecular flexibility index (Phi) is 4.76. The van der Waals surface area contributed by atoms with E-state index in [0.29, 0.717) is 0 Å². The summed E-state index contributed by atoms with van der Waals surface area (Å²) in [5, 5.41) is 0. The van der Waals surface area contributed by atoms with Crippen molar-refractivity contribution in [1.82, 2.24) is 0 Å². The SMILES string of the molecule is C=CCP(=O)(Oc1ccccc1F)Oc1ccccc1F. The van der Waals surface area contributed by atoms with Gasteiger partial charge in [-0.25, -0.2) is 13.3 Å². The summed E-state index contributed by atoms with van der Waals surface area (Å²) < 4.78 is 50.1. The van der Waals surface area contributed by atoms with E-state index in [9.17, 15) is 13.3 Å². The van der Waals surface area contributed by atoms with E-state index in [0.717, 1.165) is 12.1 Å². The van der Waals surface area contributed by atoms with Gasteiger partial charge in [-0.05, 0) is 24.3 Å². The maximum atomic E-state index is 13.6. The lowest BCUT2D eigenvalue weighted by molar-refractivity contribution is 0.370. The molecule has 0 bridgehead atoms. The molecule has 0 atom stereocenters. The molecule has 0 amide bonds. The molecular weight excluding hydrogens is 297 g/mol. The van der Waals surface area contributed by atoms with Crippen LogP contribution in [0.2, 0.25) is 0 Å². The summed E-state index contributed by atoms with van der Waals surface area (Å²) in [6.45, 7) is 3.45. The van der Waals surface area contributed by atoms with Crippen LogP contribution in [-0.2, 0) is 4.57 Å². The highest BCUT2D eigenvalue weighted by atomic mass is 31.2. The molecule has 21 heavy (non-hydrogen) atoms. The highest BCUT2D eigenvalue weighted by Gasteiger charge is 2.28. The minimum atomic E-state index is -3.82. The first-order valence-corrected chi connectivity index (χ1v) is 7.85. The van der Waals surface area contributed by atoms with Crippen LogP contribution < -0.4 is 9.05 Å². The van der Waals surface area contributed by atoms with Crippen LogP contribution in [0.3, 0.4) is 0 Å². The van der Waals surface area contributed by atoms with E-state index in [-0.39, 0.29) is 17.7 Å². The average molecular weight is 310 g/mol. The summed E-state index contributed by atoms with van der Waals surface area (Å²) in [4.78, 5) is 0. The molecule has 2 aromatic carbocycles. The van der Waals surface area contributed by atoms with E-state index in [1.165, 1.54) is 42.5 Å². The van der Waals surface area contributed by atoms with Gasteiger partial charge in [-0.3, -0.25) is 0 Å². The third-order valence-electron chi connectivity index (χ3n) is 2.50. The third-order valence-corrected chi connectivity index (χ3v) is 4.16. The number of hydrogen-bond donors (Lipinski definition) is 0. The molecule has 0 aliphatic heterocycles. The predicted molar refractivity (Wildman–Crippen MR) is 76.7 cm³/mol. The molecule has 0 unspecified atom stereocenters. The van der Waals surface area contributed by atoms with Gasteiger partial charge in [-0.2, -0.15) is 0 Å². The van der Waals surface area contributed by atoms with Crippen molar-refractivity contribution in [3.05, 3.63) is 72.8 Å². The second-order valence-corrected chi connectivity index (χ2v) is 6.08. The third kappa shape index (κ3) is 3.92. The number of halogens is 2. The van der Waals surface area contributed by atoms with Crippen LogP contribution in [0.5, 0.6) is 11.5 Å². The fourth-order valence-electron chi connectivity index (χ4n) is 1.59. The molecule has 0 saturated carbocycles. The summed E-state index contributed by atoms with van der Waals surface area (Å²) in [6, 6.07) is 11.0. The van der Waals surface area contributed by atoms with Gasteiger partial charge in [0, 0.05) is 0 Å². The van der Waals surface area contributed by atoms with Crippen molar-refractivity contribution in [3.63, 3.8) is 0 Å². The molecule has 0 saturated heterocycles. The highest BCUT2D eigenvalue weighted by molar-refractivity contribution is 7.54. The second kappa shape index (κ2) is 6.55. The molecule has 0 aliphatic carbocycles. The van der Waals surface area contributed by atoms with Gasteiger partial charge in [0.05, 0.1) is 6.16 Å². The Hall–Kier alpha value is -2.13. The zero-order valence-corrected chi connectivity index (χ0v) is 11.9. The van der Waals surface area contributed by atoms with Crippen LogP contribution in [0.4, 0.5) is 8.78 Å². The van der Waals surface area contributed by atoms with Gasteiger partial charge in [0.2, 0.25) is 0 Å². The average Bonchev–Trinajstić information content (AvgIpc) is 2.44. The monoisotopic (exact) mass is 310 g/mol. The summed E-state index contributed by atoms with van der Waals surface area (Å²) in [5.41, 5.74) is 0. The maximum Gasteiger partial charge on any atom is 0.434 e. The fourth-order valence-corrected chi connectivity index (χ4v) is 2.99. The molecule has 3 nitrogen and oxygen atoms in total. The molecule has 0 N–H and O–H groups in total. The minimum absolute atomic E-state index is 0.185. The van der Waals surface area contributed by atoms with Crippen molar-refractivity contribution in [3.8, 4) is 11.5 Å². The molecule has 2 aromatic rings. The lowest BCUT2D eigenvalue weighted by atomic mass is 10.3. The Labute approximate surface area is 121 Å². The second-order valence-electron chi connectivity index (χ2n) is 4.13. The van der Waals surface area contributed by atoms with Crippen molar-refractivity contribution >= 4 is 7.60 Å². The van der Waals surface area contributed by atoms with Crippen molar-refractivity contribution in [2.45, 2.75) is 0 Å². The molecule has 0 radical (unpaired) electrons. The highest BCUT2D eigenvalue weighted by Crippen LogP contribution is 2.49. The van der Waals surface area contributed by atoms with Gasteiger partial charge in [0.25, 0.3) is 0 Å². The van der Waals surface area contributed by atoms with E-state index in [1.54, 1.807) is 0 Å². The Balaban J connectivity index is 2.29. The Morgan fingerprint density at radius 1 is 0.952 bits per heavy atom. The van der Waals surface area contributed by atoms with Crippen LogP contribution in [0.25, 0.3) is 0 Å². The number of benzene rings is 2. The van der Waals surface area contributed by atoms with E-state index in [1.807, 2.05) is 0 Å². The number of hydrogen-bond acceptors (Lipinski definition) is 3. The molecule has 0 heterocycles. The molecule has 2 rings (SSSR count). The lowest BCUT2D eigenvalue weighted by Gasteiger charge is -2.19. The largest absolute Gasteiger partial charge is 0.434 e. The standard InChI is InChI=1S/C15H13F2O3P/c1-2-11-21(18,19-14-9-5-3-7-12(14)16)20-15-10-6-4-8-13(15)17/h2-10H,1,11H2. The first kappa shape index (κ1) is 15.3. The lowest BCUT2D eigenvalue weighted by Crippen LogP contribution is -2.05. The van der Waals surface area contributed by atoms with Crippen LogP contribution >= 0.6 is 7.60 Å². The number of para-hydroxylation sites is 2. The molecule has 0 aliphatic rings. The van der Waals surface area contributed by atoms with Gasteiger partial charge < -0.3 is 9.05 Å². The van der Waals surface area contributed by atoms with Gasteiger partial charge >= 0.3 is 7.60 Å². The van der Waals surface area contributed by atoms with Crippen LogP contribution in [0, 0.1) is 11.6 Å². The molecule has 110 valence electrons.